The Kier molecular flexibility index (Phi) is 5.52. The van der Waals surface area contributed by atoms with Gasteiger partial charge in [0.25, 0.3) is 5.91 Å². The normalized spacial score (nSPS) is 18.7. The van der Waals surface area contributed by atoms with Crippen molar-refractivity contribution in [3.8, 4) is 0 Å². The Morgan fingerprint density at radius 2 is 2.10 bits per heavy atom. The van der Waals surface area contributed by atoms with E-state index in [0.717, 1.165) is 17.5 Å². The largest absolute Gasteiger partial charge is 0.378 e. The number of amides is 1. The molecule has 20 heavy (non-hydrogen) atoms. The Labute approximate surface area is 119 Å². The molecule has 0 fully saturated rings. The number of nitrogens with two attached hydrogens (primary N) is 1. The van der Waals surface area contributed by atoms with Crippen molar-refractivity contribution in [3.63, 3.8) is 0 Å². The number of hydrogen-bond donors (Lipinski definition) is 2. The minimum Gasteiger partial charge on any atom is -0.378 e. The van der Waals surface area contributed by atoms with Gasteiger partial charge >= 0.3 is 0 Å². The van der Waals surface area contributed by atoms with Crippen molar-refractivity contribution < 1.29 is 14.3 Å². The smallest absolute Gasteiger partial charge is 0.252 e. The summed E-state index contributed by atoms with van der Waals surface area (Å²) in [6, 6.07) is 7.73. The zero-order valence-electron chi connectivity index (χ0n) is 11.8. The van der Waals surface area contributed by atoms with E-state index in [4.69, 9.17) is 15.2 Å². The second-order valence-corrected chi connectivity index (χ2v) is 4.93. The van der Waals surface area contributed by atoms with Gasteiger partial charge in [-0.15, -0.1) is 0 Å². The van der Waals surface area contributed by atoms with Crippen molar-refractivity contribution in [2.75, 3.05) is 26.4 Å². The highest BCUT2D eigenvalue weighted by molar-refractivity contribution is 5.99. The molecule has 1 aromatic carbocycles. The van der Waals surface area contributed by atoms with E-state index in [1.165, 1.54) is 0 Å². The fourth-order valence-corrected chi connectivity index (χ4v) is 2.40. The summed E-state index contributed by atoms with van der Waals surface area (Å²) >= 11 is 0. The summed E-state index contributed by atoms with van der Waals surface area (Å²) in [5.74, 6) is 0.00378. The maximum atomic E-state index is 11.8. The lowest BCUT2D eigenvalue weighted by atomic mass is 10.0. The fourth-order valence-electron chi connectivity index (χ4n) is 2.40. The molecule has 1 aromatic rings. The average Bonchev–Trinajstić information content (AvgIpc) is 2.76. The third-order valence-electron chi connectivity index (χ3n) is 3.35. The Balaban J connectivity index is 1.78. The molecule has 2 atom stereocenters. The molecule has 0 spiro atoms. The van der Waals surface area contributed by atoms with Crippen LogP contribution >= 0.6 is 0 Å². The lowest BCUT2D eigenvalue weighted by Gasteiger charge is -2.18. The molecule has 0 radical (unpaired) electrons. The van der Waals surface area contributed by atoms with E-state index in [0.29, 0.717) is 26.4 Å². The van der Waals surface area contributed by atoms with E-state index < -0.39 is 0 Å². The van der Waals surface area contributed by atoms with Crippen molar-refractivity contribution >= 4 is 5.91 Å². The van der Waals surface area contributed by atoms with E-state index in [9.17, 15) is 4.79 Å². The zero-order valence-corrected chi connectivity index (χ0v) is 11.8. The highest BCUT2D eigenvalue weighted by Crippen LogP contribution is 2.28. The molecular formula is C15H22N2O3. The number of carbonyl (C=O) groups is 1. The number of hydrogen-bond acceptors (Lipinski definition) is 4. The van der Waals surface area contributed by atoms with Crippen molar-refractivity contribution in [3.05, 3.63) is 35.4 Å². The number of carbonyl (C=O) groups excluding carboxylic acids is 1. The van der Waals surface area contributed by atoms with Crippen LogP contribution in [-0.2, 0) is 9.47 Å². The minimum absolute atomic E-state index is 0.00378. The predicted octanol–water partition coefficient (Wildman–Crippen LogP) is 1.24. The number of ether oxygens (including phenoxy) is 2. The lowest BCUT2D eigenvalue weighted by molar-refractivity contribution is 0.00747. The van der Waals surface area contributed by atoms with Crippen LogP contribution in [0.1, 0.15) is 35.3 Å². The van der Waals surface area contributed by atoms with Gasteiger partial charge in [-0.1, -0.05) is 18.2 Å². The van der Waals surface area contributed by atoms with Gasteiger partial charge in [-0.05, 0) is 25.0 Å². The van der Waals surface area contributed by atoms with E-state index in [1.807, 2.05) is 31.2 Å². The molecule has 1 amide bonds. The molecule has 2 rings (SSSR count). The van der Waals surface area contributed by atoms with Crippen molar-refractivity contribution in [2.24, 2.45) is 5.73 Å². The van der Waals surface area contributed by atoms with Crippen LogP contribution in [0.15, 0.2) is 24.3 Å². The molecule has 0 saturated carbocycles. The zero-order chi connectivity index (χ0) is 14.4. The number of benzene rings is 1. The average molecular weight is 278 g/mol. The third-order valence-corrected chi connectivity index (χ3v) is 3.35. The van der Waals surface area contributed by atoms with E-state index in [2.05, 4.69) is 5.32 Å². The van der Waals surface area contributed by atoms with E-state index in [-0.39, 0.29) is 18.1 Å². The molecule has 110 valence electrons. The molecule has 0 bridgehead atoms. The van der Waals surface area contributed by atoms with Gasteiger partial charge in [0.15, 0.2) is 0 Å². The number of rotatable bonds is 8. The van der Waals surface area contributed by atoms with Crippen LogP contribution in [0.3, 0.4) is 0 Å². The van der Waals surface area contributed by atoms with Gasteiger partial charge in [0.2, 0.25) is 0 Å². The molecule has 5 heteroatoms. The maximum Gasteiger partial charge on any atom is 0.252 e. The summed E-state index contributed by atoms with van der Waals surface area (Å²) in [5.41, 5.74) is 7.17. The first kappa shape index (κ1) is 15.0. The summed E-state index contributed by atoms with van der Waals surface area (Å²) in [6.45, 7) is 4.19. The van der Waals surface area contributed by atoms with E-state index in [1.54, 1.807) is 0 Å². The number of fused-ring (bicyclic) bond motifs is 1. The molecule has 3 N–H and O–H groups in total. The van der Waals surface area contributed by atoms with Crippen LogP contribution in [0, 0.1) is 0 Å². The first-order valence-electron chi connectivity index (χ1n) is 7.01. The maximum absolute atomic E-state index is 11.8. The Morgan fingerprint density at radius 1 is 1.30 bits per heavy atom. The summed E-state index contributed by atoms with van der Waals surface area (Å²) in [5, 5.41) is 2.99. The minimum atomic E-state index is 0.00378. The molecule has 2 unspecified atom stereocenters. The molecule has 1 heterocycles. The predicted molar refractivity (Wildman–Crippen MR) is 76.6 cm³/mol. The van der Waals surface area contributed by atoms with Crippen molar-refractivity contribution in [2.45, 2.75) is 25.5 Å². The van der Waals surface area contributed by atoms with Crippen LogP contribution in [0.4, 0.5) is 0 Å². The van der Waals surface area contributed by atoms with Gasteiger partial charge in [-0.2, -0.15) is 0 Å². The van der Waals surface area contributed by atoms with Gasteiger partial charge in [-0.25, -0.2) is 0 Å². The van der Waals surface area contributed by atoms with Gasteiger partial charge < -0.3 is 20.5 Å². The molecule has 1 aliphatic heterocycles. The molecule has 1 aliphatic rings. The Bertz CT molecular complexity index is 450. The second-order valence-electron chi connectivity index (χ2n) is 4.93. The van der Waals surface area contributed by atoms with Crippen molar-refractivity contribution in [1.29, 1.82) is 0 Å². The van der Waals surface area contributed by atoms with Gasteiger partial charge in [0, 0.05) is 12.1 Å². The van der Waals surface area contributed by atoms with Crippen LogP contribution in [0.25, 0.3) is 0 Å². The molecule has 5 nitrogen and oxygen atoms in total. The second kappa shape index (κ2) is 7.38. The summed E-state index contributed by atoms with van der Waals surface area (Å²) < 4.78 is 10.9. The summed E-state index contributed by atoms with van der Waals surface area (Å²) in [7, 11) is 0. The molecule has 0 saturated heterocycles. The lowest BCUT2D eigenvalue weighted by Crippen LogP contribution is -2.24. The quantitative estimate of drug-likeness (QED) is 0.702. The molecule has 0 aromatic heterocycles. The summed E-state index contributed by atoms with van der Waals surface area (Å²) in [6.07, 6.45) is 0.826. The monoisotopic (exact) mass is 278 g/mol. The third kappa shape index (κ3) is 3.79. The van der Waals surface area contributed by atoms with Crippen LogP contribution in [0.2, 0.25) is 0 Å². The van der Waals surface area contributed by atoms with Crippen molar-refractivity contribution in [1.82, 2.24) is 5.32 Å². The Morgan fingerprint density at radius 3 is 2.90 bits per heavy atom. The molecule has 0 aliphatic carbocycles. The SMILES string of the molecule is CC(CC1NC(=O)c2ccccc21)OCCOCCN. The highest BCUT2D eigenvalue weighted by atomic mass is 16.5. The van der Waals surface area contributed by atoms with Gasteiger partial charge in [-0.3, -0.25) is 4.79 Å². The standard InChI is InChI=1S/C15H22N2O3/c1-11(20-9-8-19-7-6-16)10-14-12-4-2-3-5-13(12)15(18)17-14/h2-5,11,14H,6-10,16H2,1H3,(H,17,18). The highest BCUT2D eigenvalue weighted by Gasteiger charge is 2.28. The summed E-state index contributed by atoms with van der Waals surface area (Å²) in [4.78, 5) is 11.8. The van der Waals surface area contributed by atoms with Crippen LogP contribution < -0.4 is 11.1 Å². The van der Waals surface area contributed by atoms with Crippen LogP contribution in [-0.4, -0.2) is 38.4 Å². The first-order valence-corrected chi connectivity index (χ1v) is 7.01. The topological polar surface area (TPSA) is 73.6 Å². The molecular weight excluding hydrogens is 256 g/mol. The van der Waals surface area contributed by atoms with Gasteiger partial charge in [0.1, 0.15) is 0 Å². The Hall–Kier alpha value is -1.43. The fraction of sp³-hybridized carbons (Fsp3) is 0.533. The van der Waals surface area contributed by atoms with E-state index >= 15 is 0 Å². The first-order chi connectivity index (χ1) is 9.72. The number of nitrogens with one attached hydrogen (secondary N) is 1. The van der Waals surface area contributed by atoms with Gasteiger partial charge in [0.05, 0.1) is 32.0 Å². The van der Waals surface area contributed by atoms with Crippen LogP contribution in [0.5, 0.6) is 0 Å².